The third-order valence-electron chi connectivity index (χ3n) is 2.06. The molecule has 0 saturated heterocycles. The van der Waals surface area contributed by atoms with E-state index < -0.39 is 11.6 Å². The average Bonchev–Trinajstić information content (AvgIpc) is 2.23. The molecule has 0 heterocycles. The second kappa shape index (κ2) is 6.08. The van der Waals surface area contributed by atoms with E-state index in [9.17, 15) is 8.78 Å². The van der Waals surface area contributed by atoms with E-state index in [4.69, 9.17) is 5.73 Å². The summed E-state index contributed by atoms with van der Waals surface area (Å²) in [4.78, 5) is 0. The summed E-state index contributed by atoms with van der Waals surface area (Å²) in [6, 6.07) is 4.02. The largest absolute Gasteiger partial charge is 0.330 e. The maximum absolute atomic E-state index is 12.8. The third-order valence-corrected chi connectivity index (χ3v) is 3.40. The quantitative estimate of drug-likeness (QED) is 0.843. The van der Waals surface area contributed by atoms with Gasteiger partial charge in [-0.3, -0.25) is 0 Å². The second-order valence-electron chi connectivity index (χ2n) is 3.60. The zero-order valence-electron chi connectivity index (χ0n) is 8.67. The highest BCUT2D eigenvalue weighted by molar-refractivity contribution is 7.98. The van der Waals surface area contributed by atoms with Crippen molar-refractivity contribution in [1.82, 2.24) is 0 Å². The van der Waals surface area contributed by atoms with E-state index in [-0.39, 0.29) is 0 Å². The number of hydrogen-bond donors (Lipinski definition) is 1. The lowest BCUT2D eigenvalue weighted by molar-refractivity contribution is 0.507. The van der Waals surface area contributed by atoms with Gasteiger partial charge in [-0.15, -0.1) is 0 Å². The van der Waals surface area contributed by atoms with E-state index in [1.807, 2.05) is 0 Å². The van der Waals surface area contributed by atoms with Crippen LogP contribution in [0.3, 0.4) is 0 Å². The van der Waals surface area contributed by atoms with Crippen LogP contribution in [0.25, 0.3) is 0 Å². The molecule has 1 aromatic carbocycles. The van der Waals surface area contributed by atoms with Gasteiger partial charge in [-0.1, -0.05) is 13.0 Å². The normalized spacial score (nSPS) is 12.8. The lowest BCUT2D eigenvalue weighted by atomic mass is 10.2. The first kappa shape index (κ1) is 12.5. The van der Waals surface area contributed by atoms with E-state index in [0.717, 1.165) is 17.4 Å². The van der Waals surface area contributed by atoms with Crippen LogP contribution < -0.4 is 5.73 Å². The molecular formula is C11H15F2NS. The Bertz CT molecular complexity index is 317. The van der Waals surface area contributed by atoms with Crippen LogP contribution in [0.1, 0.15) is 12.5 Å². The van der Waals surface area contributed by atoms with Crippen molar-refractivity contribution < 1.29 is 8.78 Å². The summed E-state index contributed by atoms with van der Waals surface area (Å²) in [6.45, 7) is 2.73. The Balaban J connectivity index is 2.41. The molecule has 0 aliphatic rings. The number of thioether (sulfide) groups is 1. The van der Waals surface area contributed by atoms with Crippen LogP contribution >= 0.6 is 11.8 Å². The fraction of sp³-hybridized carbons (Fsp3) is 0.455. The second-order valence-corrected chi connectivity index (χ2v) is 4.63. The molecule has 0 bridgehead atoms. The molecule has 2 N–H and O–H groups in total. The predicted octanol–water partition coefficient (Wildman–Crippen LogP) is 2.79. The zero-order chi connectivity index (χ0) is 11.3. The SMILES string of the molecule is CC(CN)CSCc1ccc(F)c(F)c1. The maximum Gasteiger partial charge on any atom is 0.159 e. The van der Waals surface area contributed by atoms with Gasteiger partial charge in [0.25, 0.3) is 0 Å². The standard InChI is InChI=1S/C11H15F2NS/c1-8(5-14)6-15-7-9-2-3-10(12)11(13)4-9/h2-4,8H,5-7,14H2,1H3. The Morgan fingerprint density at radius 2 is 2.07 bits per heavy atom. The van der Waals surface area contributed by atoms with Gasteiger partial charge in [-0.25, -0.2) is 8.78 Å². The molecule has 1 rings (SSSR count). The lowest BCUT2D eigenvalue weighted by Gasteiger charge is -2.07. The highest BCUT2D eigenvalue weighted by atomic mass is 32.2. The van der Waals surface area contributed by atoms with Crippen molar-refractivity contribution >= 4 is 11.8 Å². The Morgan fingerprint density at radius 1 is 1.33 bits per heavy atom. The number of hydrogen-bond acceptors (Lipinski definition) is 2. The molecule has 0 saturated carbocycles. The lowest BCUT2D eigenvalue weighted by Crippen LogP contribution is -2.12. The monoisotopic (exact) mass is 231 g/mol. The Labute approximate surface area is 93.1 Å². The van der Waals surface area contributed by atoms with Gasteiger partial charge in [0.15, 0.2) is 11.6 Å². The van der Waals surface area contributed by atoms with E-state index >= 15 is 0 Å². The number of benzene rings is 1. The van der Waals surface area contributed by atoms with Gasteiger partial charge >= 0.3 is 0 Å². The van der Waals surface area contributed by atoms with Crippen LogP contribution in [0.15, 0.2) is 18.2 Å². The summed E-state index contributed by atoms with van der Waals surface area (Å²) in [7, 11) is 0. The molecule has 0 fully saturated rings. The summed E-state index contributed by atoms with van der Waals surface area (Å²) < 4.78 is 25.4. The molecule has 1 nitrogen and oxygen atoms in total. The predicted molar refractivity (Wildman–Crippen MR) is 60.7 cm³/mol. The zero-order valence-corrected chi connectivity index (χ0v) is 9.49. The van der Waals surface area contributed by atoms with Crippen LogP contribution in [0.5, 0.6) is 0 Å². The fourth-order valence-electron chi connectivity index (χ4n) is 1.08. The van der Waals surface area contributed by atoms with Gasteiger partial charge < -0.3 is 5.73 Å². The van der Waals surface area contributed by atoms with Gasteiger partial charge in [0.1, 0.15) is 0 Å². The molecular weight excluding hydrogens is 216 g/mol. The Hall–Kier alpha value is -0.610. The van der Waals surface area contributed by atoms with Crippen LogP contribution in [0.2, 0.25) is 0 Å². The van der Waals surface area contributed by atoms with Gasteiger partial charge in [-0.05, 0) is 35.9 Å². The van der Waals surface area contributed by atoms with Gasteiger partial charge in [-0.2, -0.15) is 11.8 Å². The molecule has 1 unspecified atom stereocenters. The third kappa shape index (κ3) is 4.18. The summed E-state index contributed by atoms with van der Waals surface area (Å²) in [5.41, 5.74) is 6.28. The summed E-state index contributed by atoms with van der Waals surface area (Å²) in [5, 5.41) is 0. The number of nitrogens with two attached hydrogens (primary N) is 1. The molecule has 0 aliphatic carbocycles. The molecule has 15 heavy (non-hydrogen) atoms. The highest BCUT2D eigenvalue weighted by Crippen LogP contribution is 2.17. The highest BCUT2D eigenvalue weighted by Gasteiger charge is 2.03. The van der Waals surface area contributed by atoms with Crippen molar-refractivity contribution in [2.75, 3.05) is 12.3 Å². The first-order chi connectivity index (χ1) is 7.13. The van der Waals surface area contributed by atoms with Gasteiger partial charge in [0.2, 0.25) is 0 Å². The summed E-state index contributed by atoms with van der Waals surface area (Å²) in [5.74, 6) is 0.524. The maximum atomic E-state index is 12.8. The number of rotatable bonds is 5. The molecule has 0 aromatic heterocycles. The Kier molecular flexibility index (Phi) is 5.05. The van der Waals surface area contributed by atoms with Gasteiger partial charge in [0.05, 0.1) is 0 Å². The van der Waals surface area contributed by atoms with Crippen LogP contribution in [-0.4, -0.2) is 12.3 Å². The van der Waals surface area contributed by atoms with Crippen LogP contribution in [0, 0.1) is 17.6 Å². The fourth-order valence-corrected chi connectivity index (χ4v) is 2.15. The molecule has 0 aliphatic heterocycles. The molecule has 84 valence electrons. The molecule has 0 radical (unpaired) electrons. The molecule has 0 spiro atoms. The minimum atomic E-state index is -0.793. The van der Waals surface area contributed by atoms with E-state index in [2.05, 4.69) is 6.92 Å². The summed E-state index contributed by atoms with van der Waals surface area (Å²) >= 11 is 1.68. The van der Waals surface area contributed by atoms with Crippen molar-refractivity contribution in [1.29, 1.82) is 0 Å². The molecule has 0 amide bonds. The first-order valence-corrected chi connectivity index (χ1v) is 6.00. The van der Waals surface area contributed by atoms with Crippen molar-refractivity contribution in [3.8, 4) is 0 Å². The number of halogens is 2. The van der Waals surface area contributed by atoms with Gasteiger partial charge in [0, 0.05) is 5.75 Å². The smallest absolute Gasteiger partial charge is 0.159 e. The van der Waals surface area contributed by atoms with Crippen molar-refractivity contribution in [3.05, 3.63) is 35.4 Å². The molecule has 1 atom stereocenters. The summed E-state index contributed by atoms with van der Waals surface area (Å²) in [6.07, 6.45) is 0. The molecule has 4 heteroatoms. The van der Waals surface area contributed by atoms with Crippen LogP contribution in [-0.2, 0) is 5.75 Å². The Morgan fingerprint density at radius 3 is 2.67 bits per heavy atom. The van der Waals surface area contributed by atoms with Crippen LogP contribution in [0.4, 0.5) is 8.78 Å². The first-order valence-electron chi connectivity index (χ1n) is 4.85. The van der Waals surface area contributed by atoms with Crippen molar-refractivity contribution in [2.24, 2.45) is 11.7 Å². The van der Waals surface area contributed by atoms with Crippen molar-refractivity contribution in [3.63, 3.8) is 0 Å². The topological polar surface area (TPSA) is 26.0 Å². The van der Waals surface area contributed by atoms with Crippen molar-refractivity contribution in [2.45, 2.75) is 12.7 Å². The molecule has 1 aromatic rings. The average molecular weight is 231 g/mol. The minimum absolute atomic E-state index is 0.459. The minimum Gasteiger partial charge on any atom is -0.330 e. The van der Waals surface area contributed by atoms with E-state index in [0.29, 0.717) is 18.2 Å². The van der Waals surface area contributed by atoms with E-state index in [1.165, 1.54) is 6.07 Å². The van der Waals surface area contributed by atoms with E-state index in [1.54, 1.807) is 17.8 Å².